The summed E-state index contributed by atoms with van der Waals surface area (Å²) in [7, 11) is 0. The molecule has 0 aliphatic carbocycles. The Kier molecular flexibility index (Phi) is 4.50. The molecule has 0 fully saturated rings. The highest BCUT2D eigenvalue weighted by molar-refractivity contribution is 9.11. The number of anilines is 1. The third-order valence-electron chi connectivity index (χ3n) is 3.25. The normalized spacial score (nSPS) is 11.3. The fourth-order valence-corrected chi connectivity index (χ4v) is 3.29. The lowest BCUT2D eigenvalue weighted by molar-refractivity contribution is -0.125. The van der Waals surface area contributed by atoms with Crippen molar-refractivity contribution in [3.05, 3.63) is 50.6 Å². The van der Waals surface area contributed by atoms with Crippen LogP contribution in [0.1, 0.15) is 24.3 Å². The predicted molar refractivity (Wildman–Crippen MR) is 87.7 cm³/mol. The lowest BCUT2D eigenvalue weighted by Gasteiger charge is -2.24. The molecule has 1 aromatic heterocycles. The molecule has 20 heavy (non-hydrogen) atoms. The zero-order chi connectivity index (χ0) is 14.8. The molecule has 0 unspecified atom stereocenters. The largest absolute Gasteiger partial charge is 0.399 e. The Morgan fingerprint density at radius 3 is 2.45 bits per heavy atom. The van der Waals surface area contributed by atoms with E-state index in [1.165, 1.54) is 0 Å². The van der Waals surface area contributed by atoms with Crippen LogP contribution in [0, 0.1) is 0 Å². The van der Waals surface area contributed by atoms with E-state index in [1.54, 1.807) is 11.3 Å². The fourth-order valence-electron chi connectivity index (χ4n) is 1.87. The molecule has 1 aromatic carbocycles. The number of hydrogen-bond donors (Lipinski definition) is 2. The van der Waals surface area contributed by atoms with Crippen LogP contribution >= 0.6 is 27.3 Å². The Labute approximate surface area is 131 Å². The van der Waals surface area contributed by atoms with Gasteiger partial charge in [-0.3, -0.25) is 4.79 Å². The zero-order valence-corrected chi connectivity index (χ0v) is 13.8. The van der Waals surface area contributed by atoms with Crippen molar-refractivity contribution >= 4 is 38.9 Å². The average Bonchev–Trinajstić information content (AvgIpc) is 2.82. The van der Waals surface area contributed by atoms with Crippen molar-refractivity contribution in [3.8, 4) is 0 Å². The minimum atomic E-state index is -0.581. The SMILES string of the molecule is CC(C)(C(=O)NCc1ccc(Br)s1)c1ccc(N)cc1. The van der Waals surface area contributed by atoms with Crippen LogP contribution in [0.3, 0.4) is 0 Å². The molecule has 5 heteroatoms. The summed E-state index contributed by atoms with van der Waals surface area (Å²) in [5, 5.41) is 2.99. The van der Waals surface area contributed by atoms with E-state index in [-0.39, 0.29) is 5.91 Å². The molecule has 106 valence electrons. The number of rotatable bonds is 4. The predicted octanol–water partition coefficient (Wildman–Crippen LogP) is 3.69. The number of nitrogens with one attached hydrogen (secondary N) is 1. The van der Waals surface area contributed by atoms with Crippen LogP contribution in [0.5, 0.6) is 0 Å². The second-order valence-corrected chi connectivity index (χ2v) is 7.68. The molecule has 0 bridgehead atoms. The van der Waals surface area contributed by atoms with Gasteiger partial charge in [-0.2, -0.15) is 0 Å². The maximum atomic E-state index is 12.4. The summed E-state index contributed by atoms with van der Waals surface area (Å²) in [5.41, 5.74) is 6.76. The van der Waals surface area contributed by atoms with E-state index in [4.69, 9.17) is 5.73 Å². The molecule has 2 aromatic rings. The van der Waals surface area contributed by atoms with Crippen molar-refractivity contribution < 1.29 is 4.79 Å². The maximum Gasteiger partial charge on any atom is 0.230 e. The van der Waals surface area contributed by atoms with Crippen molar-refractivity contribution in [3.63, 3.8) is 0 Å². The van der Waals surface area contributed by atoms with Gasteiger partial charge in [-0.05, 0) is 59.6 Å². The van der Waals surface area contributed by atoms with Crippen molar-refractivity contribution in [1.29, 1.82) is 0 Å². The Morgan fingerprint density at radius 1 is 1.25 bits per heavy atom. The monoisotopic (exact) mass is 352 g/mol. The summed E-state index contributed by atoms with van der Waals surface area (Å²) >= 11 is 5.04. The lowest BCUT2D eigenvalue weighted by Crippen LogP contribution is -2.39. The van der Waals surface area contributed by atoms with Crippen molar-refractivity contribution in [2.45, 2.75) is 25.8 Å². The number of carbonyl (C=O) groups is 1. The highest BCUT2D eigenvalue weighted by Gasteiger charge is 2.29. The zero-order valence-electron chi connectivity index (χ0n) is 11.4. The van der Waals surface area contributed by atoms with Crippen molar-refractivity contribution in [1.82, 2.24) is 5.32 Å². The maximum absolute atomic E-state index is 12.4. The van der Waals surface area contributed by atoms with Gasteiger partial charge in [0.1, 0.15) is 0 Å². The van der Waals surface area contributed by atoms with Crippen molar-refractivity contribution in [2.24, 2.45) is 0 Å². The first kappa shape index (κ1) is 15.1. The number of benzene rings is 1. The molecule has 0 spiro atoms. The first-order valence-electron chi connectivity index (χ1n) is 6.28. The van der Waals surface area contributed by atoms with Gasteiger partial charge in [0.25, 0.3) is 0 Å². The van der Waals surface area contributed by atoms with E-state index in [9.17, 15) is 4.79 Å². The Morgan fingerprint density at radius 2 is 1.90 bits per heavy atom. The number of carbonyl (C=O) groups excluding carboxylic acids is 1. The summed E-state index contributed by atoms with van der Waals surface area (Å²) in [6.07, 6.45) is 0. The first-order chi connectivity index (χ1) is 9.39. The van der Waals surface area contributed by atoms with E-state index in [0.717, 1.165) is 14.2 Å². The van der Waals surface area contributed by atoms with Crippen molar-refractivity contribution in [2.75, 3.05) is 5.73 Å². The van der Waals surface area contributed by atoms with E-state index in [1.807, 2.05) is 50.2 Å². The topological polar surface area (TPSA) is 55.1 Å². The molecule has 0 radical (unpaired) electrons. The van der Waals surface area contributed by atoms with Crippen LogP contribution < -0.4 is 11.1 Å². The standard InChI is InChI=1S/C15H17BrN2OS/c1-15(2,10-3-5-11(17)6-4-10)14(19)18-9-12-7-8-13(16)20-12/h3-8H,9,17H2,1-2H3,(H,18,19). The molecular weight excluding hydrogens is 336 g/mol. The molecule has 2 rings (SSSR count). The highest BCUT2D eigenvalue weighted by atomic mass is 79.9. The summed E-state index contributed by atoms with van der Waals surface area (Å²) in [6, 6.07) is 11.4. The van der Waals surface area contributed by atoms with E-state index in [2.05, 4.69) is 21.2 Å². The third kappa shape index (κ3) is 3.41. The van der Waals surface area contributed by atoms with Crippen LogP contribution in [-0.2, 0) is 16.8 Å². The van der Waals surface area contributed by atoms with Gasteiger partial charge in [-0.1, -0.05) is 12.1 Å². The van der Waals surface area contributed by atoms with Crippen LogP contribution in [0.2, 0.25) is 0 Å². The van der Waals surface area contributed by atoms with Crippen LogP contribution in [0.25, 0.3) is 0 Å². The molecule has 1 heterocycles. The lowest BCUT2D eigenvalue weighted by atomic mass is 9.83. The smallest absolute Gasteiger partial charge is 0.230 e. The molecule has 0 saturated heterocycles. The molecular formula is C15H17BrN2OS. The fraction of sp³-hybridized carbons (Fsp3) is 0.267. The number of halogens is 1. The van der Waals surface area contributed by atoms with Gasteiger partial charge >= 0.3 is 0 Å². The number of thiophene rings is 1. The molecule has 0 atom stereocenters. The Balaban J connectivity index is 2.05. The second kappa shape index (κ2) is 5.97. The quantitative estimate of drug-likeness (QED) is 0.824. The Hall–Kier alpha value is -1.33. The summed E-state index contributed by atoms with van der Waals surface area (Å²) in [4.78, 5) is 13.5. The summed E-state index contributed by atoms with van der Waals surface area (Å²) in [6.45, 7) is 4.38. The van der Waals surface area contributed by atoms with Crippen LogP contribution in [0.4, 0.5) is 5.69 Å². The minimum Gasteiger partial charge on any atom is -0.399 e. The summed E-state index contributed by atoms with van der Waals surface area (Å²) in [5.74, 6) is 0.00629. The minimum absolute atomic E-state index is 0.00629. The van der Waals surface area contributed by atoms with E-state index in [0.29, 0.717) is 12.2 Å². The number of amides is 1. The molecule has 0 saturated carbocycles. The molecule has 3 N–H and O–H groups in total. The highest BCUT2D eigenvalue weighted by Crippen LogP contribution is 2.25. The molecule has 0 aliphatic heterocycles. The van der Waals surface area contributed by atoms with Crippen LogP contribution in [0.15, 0.2) is 40.2 Å². The van der Waals surface area contributed by atoms with Crippen LogP contribution in [-0.4, -0.2) is 5.91 Å². The Bertz CT molecular complexity index is 605. The van der Waals surface area contributed by atoms with E-state index < -0.39 is 5.41 Å². The number of nitrogens with two attached hydrogens (primary N) is 1. The second-order valence-electron chi connectivity index (χ2n) is 5.14. The van der Waals surface area contributed by atoms with Gasteiger partial charge in [-0.15, -0.1) is 11.3 Å². The van der Waals surface area contributed by atoms with Gasteiger partial charge < -0.3 is 11.1 Å². The average molecular weight is 353 g/mol. The van der Waals surface area contributed by atoms with Gasteiger partial charge in [0.15, 0.2) is 0 Å². The van der Waals surface area contributed by atoms with Gasteiger partial charge in [0, 0.05) is 10.6 Å². The van der Waals surface area contributed by atoms with E-state index >= 15 is 0 Å². The first-order valence-corrected chi connectivity index (χ1v) is 7.89. The third-order valence-corrected chi connectivity index (χ3v) is 4.88. The molecule has 1 amide bonds. The molecule has 0 aliphatic rings. The number of nitrogen functional groups attached to an aromatic ring is 1. The number of hydrogen-bond acceptors (Lipinski definition) is 3. The molecule has 3 nitrogen and oxygen atoms in total. The van der Waals surface area contributed by atoms with Gasteiger partial charge in [0.2, 0.25) is 5.91 Å². The van der Waals surface area contributed by atoms with Gasteiger partial charge in [0.05, 0.1) is 15.7 Å². The van der Waals surface area contributed by atoms with Gasteiger partial charge in [-0.25, -0.2) is 0 Å². The summed E-state index contributed by atoms with van der Waals surface area (Å²) < 4.78 is 1.07.